The van der Waals surface area contributed by atoms with Crippen LogP contribution in [0, 0.1) is 5.92 Å². The standard InChI is InChI=1S/C14H29NO3/c1-3-4-6-16-8-10-18-11-9-17-7-5-15-14-12-13(14)2/h13-15H,3-12H2,1-2H3. The Bertz CT molecular complexity index is 190. The van der Waals surface area contributed by atoms with Crippen molar-refractivity contribution >= 4 is 0 Å². The van der Waals surface area contributed by atoms with Gasteiger partial charge in [0.05, 0.1) is 33.0 Å². The van der Waals surface area contributed by atoms with Crippen molar-refractivity contribution in [3.8, 4) is 0 Å². The Morgan fingerprint density at radius 3 is 2.06 bits per heavy atom. The summed E-state index contributed by atoms with van der Waals surface area (Å²) in [6, 6.07) is 0.741. The van der Waals surface area contributed by atoms with Crippen LogP contribution >= 0.6 is 0 Å². The van der Waals surface area contributed by atoms with E-state index in [0.29, 0.717) is 26.4 Å². The van der Waals surface area contributed by atoms with Crippen LogP contribution in [0.1, 0.15) is 33.1 Å². The summed E-state index contributed by atoms with van der Waals surface area (Å²) in [4.78, 5) is 0. The maximum atomic E-state index is 5.46. The molecule has 108 valence electrons. The number of ether oxygens (including phenoxy) is 3. The first-order valence-electron chi connectivity index (χ1n) is 7.31. The van der Waals surface area contributed by atoms with Crippen molar-refractivity contribution in [3.05, 3.63) is 0 Å². The van der Waals surface area contributed by atoms with Gasteiger partial charge in [-0.2, -0.15) is 0 Å². The summed E-state index contributed by atoms with van der Waals surface area (Å²) in [5.74, 6) is 0.862. The van der Waals surface area contributed by atoms with Gasteiger partial charge in [0.15, 0.2) is 0 Å². The molecule has 4 nitrogen and oxygen atoms in total. The second-order valence-corrected chi connectivity index (χ2v) is 4.96. The van der Waals surface area contributed by atoms with Gasteiger partial charge in [0.25, 0.3) is 0 Å². The summed E-state index contributed by atoms with van der Waals surface area (Å²) >= 11 is 0. The summed E-state index contributed by atoms with van der Waals surface area (Å²) in [6.07, 6.45) is 3.64. The summed E-state index contributed by atoms with van der Waals surface area (Å²) in [7, 11) is 0. The van der Waals surface area contributed by atoms with Crippen molar-refractivity contribution in [2.24, 2.45) is 5.92 Å². The maximum absolute atomic E-state index is 5.46. The van der Waals surface area contributed by atoms with Crippen LogP contribution in [0.2, 0.25) is 0 Å². The minimum atomic E-state index is 0.664. The van der Waals surface area contributed by atoms with E-state index in [0.717, 1.165) is 38.1 Å². The molecule has 0 bridgehead atoms. The van der Waals surface area contributed by atoms with E-state index in [2.05, 4.69) is 19.2 Å². The lowest BCUT2D eigenvalue weighted by Crippen LogP contribution is -2.23. The van der Waals surface area contributed by atoms with Crippen molar-refractivity contribution < 1.29 is 14.2 Å². The van der Waals surface area contributed by atoms with Crippen LogP contribution < -0.4 is 5.32 Å². The van der Waals surface area contributed by atoms with Gasteiger partial charge in [-0.05, 0) is 18.8 Å². The molecule has 2 unspecified atom stereocenters. The zero-order chi connectivity index (χ0) is 13.1. The average Bonchev–Trinajstić information content (AvgIpc) is 3.07. The van der Waals surface area contributed by atoms with Gasteiger partial charge in [-0.25, -0.2) is 0 Å². The third-order valence-electron chi connectivity index (χ3n) is 3.15. The van der Waals surface area contributed by atoms with E-state index in [-0.39, 0.29) is 0 Å². The van der Waals surface area contributed by atoms with Gasteiger partial charge >= 0.3 is 0 Å². The van der Waals surface area contributed by atoms with E-state index in [1.807, 2.05) is 0 Å². The third-order valence-corrected chi connectivity index (χ3v) is 3.15. The number of unbranched alkanes of at least 4 members (excludes halogenated alkanes) is 1. The fourth-order valence-corrected chi connectivity index (χ4v) is 1.71. The second-order valence-electron chi connectivity index (χ2n) is 4.96. The molecule has 2 atom stereocenters. The van der Waals surface area contributed by atoms with Crippen LogP contribution in [0.15, 0.2) is 0 Å². The first-order chi connectivity index (χ1) is 8.84. The highest BCUT2D eigenvalue weighted by molar-refractivity contribution is 4.89. The molecule has 1 fully saturated rings. The molecule has 0 aromatic rings. The molecule has 1 N–H and O–H groups in total. The van der Waals surface area contributed by atoms with Crippen molar-refractivity contribution in [3.63, 3.8) is 0 Å². The van der Waals surface area contributed by atoms with Crippen LogP contribution in [-0.4, -0.2) is 52.2 Å². The Morgan fingerprint density at radius 1 is 0.944 bits per heavy atom. The van der Waals surface area contributed by atoms with Crippen LogP contribution in [0.3, 0.4) is 0 Å². The zero-order valence-electron chi connectivity index (χ0n) is 12.0. The van der Waals surface area contributed by atoms with Crippen LogP contribution in [-0.2, 0) is 14.2 Å². The van der Waals surface area contributed by atoms with E-state index >= 15 is 0 Å². The van der Waals surface area contributed by atoms with Gasteiger partial charge in [0, 0.05) is 19.2 Å². The summed E-state index contributed by atoms with van der Waals surface area (Å²) < 4.78 is 16.3. The molecule has 0 spiro atoms. The molecule has 1 rings (SSSR count). The molecule has 0 aromatic heterocycles. The van der Waals surface area contributed by atoms with Gasteiger partial charge in [0.1, 0.15) is 0 Å². The number of rotatable bonds is 13. The topological polar surface area (TPSA) is 39.7 Å². The number of hydrogen-bond donors (Lipinski definition) is 1. The van der Waals surface area contributed by atoms with Crippen LogP contribution in [0.4, 0.5) is 0 Å². The molecule has 0 aromatic carbocycles. The van der Waals surface area contributed by atoms with Crippen molar-refractivity contribution in [2.45, 2.75) is 39.2 Å². The lowest BCUT2D eigenvalue weighted by Gasteiger charge is -2.07. The summed E-state index contributed by atoms with van der Waals surface area (Å²) in [6.45, 7) is 9.72. The quantitative estimate of drug-likeness (QED) is 0.512. The fraction of sp³-hybridized carbons (Fsp3) is 1.00. The van der Waals surface area contributed by atoms with Gasteiger partial charge in [-0.3, -0.25) is 0 Å². The largest absolute Gasteiger partial charge is 0.379 e. The molecule has 18 heavy (non-hydrogen) atoms. The van der Waals surface area contributed by atoms with E-state index in [1.165, 1.54) is 12.8 Å². The SMILES string of the molecule is CCCCOCCOCCOCCNC1CC1C. The van der Waals surface area contributed by atoms with E-state index in [9.17, 15) is 0 Å². The van der Waals surface area contributed by atoms with Crippen molar-refractivity contribution in [1.29, 1.82) is 0 Å². The van der Waals surface area contributed by atoms with E-state index in [4.69, 9.17) is 14.2 Å². The smallest absolute Gasteiger partial charge is 0.0701 e. The monoisotopic (exact) mass is 259 g/mol. The molecule has 0 amide bonds. The summed E-state index contributed by atoms with van der Waals surface area (Å²) in [5.41, 5.74) is 0. The summed E-state index contributed by atoms with van der Waals surface area (Å²) in [5, 5.41) is 3.45. The zero-order valence-corrected chi connectivity index (χ0v) is 12.0. The molecule has 0 heterocycles. The molecule has 1 saturated carbocycles. The highest BCUT2D eigenvalue weighted by atomic mass is 16.5. The molecule has 4 heteroatoms. The molecular formula is C14H29NO3. The number of hydrogen-bond acceptors (Lipinski definition) is 4. The molecule has 0 aliphatic heterocycles. The van der Waals surface area contributed by atoms with Crippen molar-refractivity contribution in [2.75, 3.05) is 46.2 Å². The first-order valence-corrected chi connectivity index (χ1v) is 7.31. The minimum Gasteiger partial charge on any atom is -0.379 e. The average molecular weight is 259 g/mol. The molecule has 1 aliphatic rings. The van der Waals surface area contributed by atoms with E-state index in [1.54, 1.807) is 0 Å². The predicted molar refractivity (Wildman–Crippen MR) is 72.9 cm³/mol. The van der Waals surface area contributed by atoms with Gasteiger partial charge in [-0.15, -0.1) is 0 Å². The Labute approximate surface area is 111 Å². The molecule has 0 radical (unpaired) electrons. The highest BCUT2D eigenvalue weighted by Crippen LogP contribution is 2.28. The molecule has 0 saturated heterocycles. The van der Waals surface area contributed by atoms with Crippen LogP contribution in [0.25, 0.3) is 0 Å². The lowest BCUT2D eigenvalue weighted by molar-refractivity contribution is 0.0146. The van der Waals surface area contributed by atoms with Gasteiger partial charge in [0.2, 0.25) is 0 Å². The highest BCUT2D eigenvalue weighted by Gasteiger charge is 2.31. The van der Waals surface area contributed by atoms with Gasteiger partial charge in [-0.1, -0.05) is 20.3 Å². The second kappa shape index (κ2) is 10.7. The molecular weight excluding hydrogens is 230 g/mol. The Kier molecular flexibility index (Phi) is 9.48. The van der Waals surface area contributed by atoms with E-state index < -0.39 is 0 Å². The lowest BCUT2D eigenvalue weighted by atomic mass is 10.4. The Balaban J connectivity index is 1.63. The predicted octanol–water partition coefficient (Wildman–Crippen LogP) is 1.83. The first kappa shape index (κ1) is 15.9. The maximum Gasteiger partial charge on any atom is 0.0701 e. The number of nitrogens with one attached hydrogen (secondary N) is 1. The molecule has 1 aliphatic carbocycles. The Morgan fingerprint density at radius 2 is 1.50 bits per heavy atom. The Hall–Kier alpha value is -0.160. The van der Waals surface area contributed by atoms with Crippen LogP contribution in [0.5, 0.6) is 0 Å². The normalized spacial score (nSPS) is 22.3. The fourth-order valence-electron chi connectivity index (χ4n) is 1.71. The van der Waals surface area contributed by atoms with Gasteiger partial charge < -0.3 is 19.5 Å². The minimum absolute atomic E-state index is 0.664. The third kappa shape index (κ3) is 8.86. The van der Waals surface area contributed by atoms with Crippen molar-refractivity contribution in [1.82, 2.24) is 5.32 Å².